The maximum Gasteiger partial charge on any atom is 0.276 e. The molecule has 0 amide bonds. The Kier molecular flexibility index (Phi) is 3.58. The summed E-state index contributed by atoms with van der Waals surface area (Å²) < 4.78 is 23.4. The van der Waals surface area contributed by atoms with Gasteiger partial charge in [-0.3, -0.25) is 0 Å². The Balaban J connectivity index is 3.13. The van der Waals surface area contributed by atoms with E-state index < -0.39 is 0 Å². The van der Waals surface area contributed by atoms with E-state index in [2.05, 4.69) is 6.58 Å². The monoisotopic (exact) mass is 224 g/mol. The van der Waals surface area contributed by atoms with E-state index in [-0.39, 0.29) is 17.2 Å². The average Bonchev–Trinajstić information content (AvgIpc) is 2.19. The molecule has 0 N–H and O–H groups in total. The van der Waals surface area contributed by atoms with E-state index in [1.165, 1.54) is 19.2 Å². The van der Waals surface area contributed by atoms with Gasteiger partial charge in [-0.2, -0.15) is 0 Å². The second-order valence-electron chi connectivity index (χ2n) is 4.57. The van der Waals surface area contributed by atoms with Crippen LogP contribution in [-0.4, -0.2) is 7.11 Å². The quantitative estimate of drug-likeness (QED) is 0.730. The SMILES string of the molecule is C=C(OC)Oc1ccc(F)cc1C(C)(C)C. The number of methoxy groups -OCH3 is 1. The lowest BCUT2D eigenvalue weighted by Crippen LogP contribution is -2.14. The molecule has 0 heterocycles. The molecule has 0 saturated heterocycles. The Morgan fingerprint density at radius 3 is 2.44 bits per heavy atom. The van der Waals surface area contributed by atoms with Crippen LogP contribution in [0.25, 0.3) is 0 Å². The van der Waals surface area contributed by atoms with Crippen LogP contribution in [0, 0.1) is 5.82 Å². The fraction of sp³-hybridized carbons (Fsp3) is 0.385. The van der Waals surface area contributed by atoms with Crippen LogP contribution in [0.1, 0.15) is 26.3 Å². The van der Waals surface area contributed by atoms with Gasteiger partial charge >= 0.3 is 0 Å². The van der Waals surface area contributed by atoms with Gasteiger partial charge in [-0.1, -0.05) is 20.8 Å². The lowest BCUT2D eigenvalue weighted by Gasteiger charge is -2.22. The summed E-state index contributed by atoms with van der Waals surface area (Å²) in [6, 6.07) is 4.41. The highest BCUT2D eigenvalue weighted by atomic mass is 19.1. The van der Waals surface area contributed by atoms with Gasteiger partial charge in [-0.05, 0) is 30.2 Å². The first-order valence-electron chi connectivity index (χ1n) is 5.05. The number of benzene rings is 1. The van der Waals surface area contributed by atoms with Crippen LogP contribution < -0.4 is 4.74 Å². The number of rotatable bonds is 3. The number of hydrogen-bond donors (Lipinski definition) is 0. The molecule has 0 aliphatic heterocycles. The highest BCUT2D eigenvalue weighted by molar-refractivity contribution is 5.39. The van der Waals surface area contributed by atoms with Crippen molar-refractivity contribution in [1.29, 1.82) is 0 Å². The predicted octanol–water partition coefficient (Wildman–Crippen LogP) is 3.62. The first-order valence-corrected chi connectivity index (χ1v) is 5.05. The van der Waals surface area contributed by atoms with Crippen molar-refractivity contribution < 1.29 is 13.9 Å². The minimum absolute atomic E-state index is 0.192. The average molecular weight is 224 g/mol. The fourth-order valence-electron chi connectivity index (χ4n) is 1.34. The normalized spacial score (nSPS) is 11.1. The van der Waals surface area contributed by atoms with Gasteiger partial charge in [0.05, 0.1) is 7.11 Å². The molecule has 0 fully saturated rings. The zero-order valence-corrected chi connectivity index (χ0v) is 10.1. The highest BCUT2D eigenvalue weighted by Crippen LogP contribution is 2.32. The van der Waals surface area contributed by atoms with Gasteiger partial charge in [0.1, 0.15) is 11.6 Å². The van der Waals surface area contributed by atoms with Crippen LogP contribution in [-0.2, 0) is 10.2 Å². The maximum absolute atomic E-state index is 13.2. The van der Waals surface area contributed by atoms with Crippen molar-refractivity contribution in [3.05, 3.63) is 42.1 Å². The predicted molar refractivity (Wildman–Crippen MR) is 61.9 cm³/mol. The zero-order chi connectivity index (χ0) is 12.3. The summed E-state index contributed by atoms with van der Waals surface area (Å²) in [5.41, 5.74) is 0.580. The molecular formula is C13H17FO2. The summed E-state index contributed by atoms with van der Waals surface area (Å²) in [5, 5.41) is 0. The van der Waals surface area contributed by atoms with Crippen LogP contribution in [0.2, 0.25) is 0 Å². The van der Waals surface area contributed by atoms with Crippen LogP contribution >= 0.6 is 0 Å². The molecule has 0 unspecified atom stereocenters. The molecule has 0 aliphatic rings. The Morgan fingerprint density at radius 1 is 1.31 bits per heavy atom. The second kappa shape index (κ2) is 4.56. The Hall–Kier alpha value is -1.51. The van der Waals surface area contributed by atoms with Gasteiger partial charge < -0.3 is 9.47 Å². The first-order chi connectivity index (χ1) is 7.34. The minimum atomic E-state index is -0.277. The molecule has 0 saturated carbocycles. The van der Waals surface area contributed by atoms with Crippen molar-refractivity contribution in [2.45, 2.75) is 26.2 Å². The van der Waals surface area contributed by atoms with Crippen LogP contribution in [0.15, 0.2) is 30.7 Å². The number of halogens is 1. The molecule has 0 aliphatic carbocycles. The number of ether oxygens (including phenoxy) is 2. The summed E-state index contributed by atoms with van der Waals surface area (Å²) in [7, 11) is 1.47. The van der Waals surface area contributed by atoms with Gasteiger partial charge in [0, 0.05) is 5.56 Å². The molecule has 88 valence electrons. The maximum atomic E-state index is 13.2. The largest absolute Gasteiger partial charge is 0.469 e. The van der Waals surface area contributed by atoms with E-state index in [1.54, 1.807) is 6.07 Å². The van der Waals surface area contributed by atoms with E-state index in [1.807, 2.05) is 20.8 Å². The highest BCUT2D eigenvalue weighted by Gasteiger charge is 2.20. The van der Waals surface area contributed by atoms with Gasteiger partial charge in [-0.25, -0.2) is 4.39 Å². The van der Waals surface area contributed by atoms with Crippen molar-refractivity contribution in [3.63, 3.8) is 0 Å². The summed E-state index contributed by atoms with van der Waals surface area (Å²) in [6.45, 7) is 9.55. The topological polar surface area (TPSA) is 18.5 Å². The van der Waals surface area contributed by atoms with Crippen molar-refractivity contribution >= 4 is 0 Å². The van der Waals surface area contributed by atoms with Gasteiger partial charge in [-0.15, -0.1) is 0 Å². The summed E-state index contributed by atoms with van der Waals surface area (Å²) in [6.07, 6.45) is 0. The van der Waals surface area contributed by atoms with E-state index in [0.29, 0.717) is 5.75 Å². The second-order valence-corrected chi connectivity index (χ2v) is 4.57. The molecule has 0 radical (unpaired) electrons. The lowest BCUT2D eigenvalue weighted by atomic mass is 9.86. The van der Waals surface area contributed by atoms with E-state index in [9.17, 15) is 4.39 Å². The standard InChI is InChI=1S/C13H17FO2/c1-9(15-5)16-12-7-6-10(14)8-11(12)13(2,3)4/h6-8H,1H2,2-5H3. The van der Waals surface area contributed by atoms with Gasteiger partial charge in [0.2, 0.25) is 0 Å². The summed E-state index contributed by atoms with van der Waals surface area (Å²) >= 11 is 0. The molecule has 1 aromatic rings. The van der Waals surface area contributed by atoms with Crippen molar-refractivity contribution in [2.75, 3.05) is 7.11 Å². The lowest BCUT2D eigenvalue weighted by molar-refractivity contribution is 0.152. The van der Waals surface area contributed by atoms with Crippen LogP contribution in [0.5, 0.6) is 5.75 Å². The molecule has 16 heavy (non-hydrogen) atoms. The molecule has 0 bridgehead atoms. The third-order valence-corrected chi connectivity index (χ3v) is 2.20. The molecule has 2 nitrogen and oxygen atoms in total. The smallest absolute Gasteiger partial charge is 0.276 e. The van der Waals surface area contributed by atoms with Gasteiger partial charge in [0.25, 0.3) is 5.95 Å². The molecule has 3 heteroatoms. The molecular weight excluding hydrogens is 207 g/mol. The Bertz CT molecular complexity index is 391. The van der Waals surface area contributed by atoms with Crippen molar-refractivity contribution in [2.24, 2.45) is 0 Å². The molecule has 1 aromatic carbocycles. The zero-order valence-electron chi connectivity index (χ0n) is 10.1. The molecule has 1 rings (SSSR count). The van der Waals surface area contributed by atoms with Crippen molar-refractivity contribution in [3.8, 4) is 5.75 Å². The Labute approximate surface area is 95.7 Å². The fourth-order valence-corrected chi connectivity index (χ4v) is 1.34. The van der Waals surface area contributed by atoms with E-state index in [0.717, 1.165) is 5.56 Å². The summed E-state index contributed by atoms with van der Waals surface area (Å²) in [5.74, 6) is 0.484. The third-order valence-electron chi connectivity index (χ3n) is 2.20. The first kappa shape index (κ1) is 12.6. The van der Waals surface area contributed by atoms with E-state index in [4.69, 9.17) is 9.47 Å². The number of hydrogen-bond acceptors (Lipinski definition) is 2. The van der Waals surface area contributed by atoms with Gasteiger partial charge in [0.15, 0.2) is 0 Å². The molecule has 0 atom stereocenters. The molecule has 0 spiro atoms. The van der Waals surface area contributed by atoms with Crippen molar-refractivity contribution in [1.82, 2.24) is 0 Å². The van der Waals surface area contributed by atoms with Crippen LogP contribution in [0.4, 0.5) is 4.39 Å². The van der Waals surface area contributed by atoms with E-state index >= 15 is 0 Å². The minimum Gasteiger partial charge on any atom is -0.469 e. The van der Waals surface area contributed by atoms with Crippen LogP contribution in [0.3, 0.4) is 0 Å². The Morgan fingerprint density at radius 2 is 1.94 bits per heavy atom. The third kappa shape index (κ3) is 2.99. The molecule has 0 aromatic heterocycles. The summed E-state index contributed by atoms with van der Waals surface area (Å²) in [4.78, 5) is 0.